The van der Waals surface area contributed by atoms with E-state index >= 15 is 0 Å². The molecule has 0 saturated heterocycles. The molecule has 2 aliphatic carbocycles. The highest BCUT2D eigenvalue weighted by Crippen LogP contribution is 2.37. The van der Waals surface area contributed by atoms with E-state index in [1.807, 2.05) is 0 Å². The zero-order chi connectivity index (χ0) is 10.9. The predicted molar refractivity (Wildman–Crippen MR) is 64.6 cm³/mol. The van der Waals surface area contributed by atoms with E-state index < -0.39 is 0 Å². The lowest BCUT2D eigenvalue weighted by atomic mass is 9.92. The summed E-state index contributed by atoms with van der Waals surface area (Å²) in [5.41, 5.74) is 6.39. The fourth-order valence-electron chi connectivity index (χ4n) is 2.89. The Kier molecular flexibility index (Phi) is 3.17. The van der Waals surface area contributed by atoms with Crippen molar-refractivity contribution in [2.24, 2.45) is 17.1 Å². The monoisotopic (exact) mass is 208 g/mol. The van der Waals surface area contributed by atoms with Gasteiger partial charge in [-0.1, -0.05) is 26.0 Å². The number of hydrogen-bond acceptors (Lipinski definition) is 2. The first-order valence-corrected chi connectivity index (χ1v) is 6.22. The summed E-state index contributed by atoms with van der Waals surface area (Å²) in [6.07, 6.45) is 9.58. The second-order valence-electron chi connectivity index (χ2n) is 6.06. The predicted octanol–water partition coefficient (Wildman–Crippen LogP) is 2.06. The van der Waals surface area contributed by atoms with Gasteiger partial charge in [-0.2, -0.15) is 0 Å². The van der Waals surface area contributed by atoms with Crippen LogP contribution < -0.4 is 11.1 Å². The normalized spacial score (nSPS) is 38.7. The lowest BCUT2D eigenvalue weighted by molar-refractivity contribution is 0.360. The van der Waals surface area contributed by atoms with Gasteiger partial charge in [-0.15, -0.1) is 0 Å². The topological polar surface area (TPSA) is 38.0 Å². The maximum Gasteiger partial charge on any atom is 0.0229 e. The van der Waals surface area contributed by atoms with Gasteiger partial charge in [0.1, 0.15) is 0 Å². The Labute approximate surface area is 93.3 Å². The van der Waals surface area contributed by atoms with Crippen LogP contribution in [0.5, 0.6) is 0 Å². The first kappa shape index (κ1) is 11.2. The molecule has 3 N–H and O–H groups in total. The van der Waals surface area contributed by atoms with Crippen LogP contribution in [0, 0.1) is 11.3 Å². The largest absolute Gasteiger partial charge is 0.324 e. The Morgan fingerprint density at radius 1 is 1.40 bits per heavy atom. The molecule has 15 heavy (non-hydrogen) atoms. The van der Waals surface area contributed by atoms with Crippen LogP contribution >= 0.6 is 0 Å². The minimum absolute atomic E-state index is 0.303. The molecule has 1 saturated carbocycles. The maximum absolute atomic E-state index is 5.84. The Hall–Kier alpha value is -0.340. The van der Waals surface area contributed by atoms with Gasteiger partial charge in [-0.3, -0.25) is 0 Å². The van der Waals surface area contributed by atoms with Crippen molar-refractivity contribution >= 4 is 0 Å². The fourth-order valence-corrected chi connectivity index (χ4v) is 2.89. The highest BCUT2D eigenvalue weighted by atomic mass is 14.9. The molecule has 3 atom stereocenters. The van der Waals surface area contributed by atoms with Crippen LogP contribution in [-0.2, 0) is 0 Å². The van der Waals surface area contributed by atoms with Crippen molar-refractivity contribution in [3.05, 3.63) is 12.2 Å². The van der Waals surface area contributed by atoms with Crippen LogP contribution in [0.15, 0.2) is 12.2 Å². The van der Waals surface area contributed by atoms with Crippen molar-refractivity contribution in [3.8, 4) is 0 Å². The molecule has 0 bridgehead atoms. The lowest BCUT2D eigenvalue weighted by Gasteiger charge is -2.19. The van der Waals surface area contributed by atoms with Gasteiger partial charge in [0.15, 0.2) is 0 Å². The summed E-state index contributed by atoms with van der Waals surface area (Å²) in [6, 6.07) is 1.04. The first-order valence-electron chi connectivity index (χ1n) is 6.22. The summed E-state index contributed by atoms with van der Waals surface area (Å²) in [4.78, 5) is 0. The van der Waals surface area contributed by atoms with Gasteiger partial charge in [0.2, 0.25) is 0 Å². The van der Waals surface area contributed by atoms with Crippen molar-refractivity contribution in [1.82, 2.24) is 5.32 Å². The molecule has 2 rings (SSSR count). The molecule has 2 aliphatic rings. The molecule has 0 heterocycles. The third kappa shape index (κ3) is 3.05. The van der Waals surface area contributed by atoms with Gasteiger partial charge in [0.05, 0.1) is 0 Å². The minimum Gasteiger partial charge on any atom is -0.324 e. The third-order valence-electron chi connectivity index (χ3n) is 3.84. The maximum atomic E-state index is 5.84. The van der Waals surface area contributed by atoms with Gasteiger partial charge >= 0.3 is 0 Å². The molecule has 2 nitrogen and oxygen atoms in total. The fraction of sp³-hybridized carbons (Fsp3) is 0.846. The Morgan fingerprint density at radius 3 is 2.73 bits per heavy atom. The zero-order valence-corrected chi connectivity index (χ0v) is 10.00. The first-order chi connectivity index (χ1) is 7.05. The molecule has 0 aromatic heterocycles. The van der Waals surface area contributed by atoms with E-state index in [1.165, 1.54) is 19.3 Å². The van der Waals surface area contributed by atoms with E-state index in [0.717, 1.165) is 19.0 Å². The van der Waals surface area contributed by atoms with Crippen LogP contribution in [0.4, 0.5) is 0 Å². The summed E-state index contributed by atoms with van der Waals surface area (Å²) in [5.74, 6) is 0.670. The third-order valence-corrected chi connectivity index (χ3v) is 3.84. The number of nitrogens with two attached hydrogens (primary N) is 1. The summed E-state index contributed by atoms with van der Waals surface area (Å²) < 4.78 is 0. The Bertz CT molecular complexity index is 245. The van der Waals surface area contributed by atoms with Crippen LogP contribution in [0.2, 0.25) is 0 Å². The summed E-state index contributed by atoms with van der Waals surface area (Å²) in [5, 5.41) is 3.69. The number of hydrogen-bond donors (Lipinski definition) is 2. The molecule has 0 aromatic rings. The molecule has 2 heteroatoms. The van der Waals surface area contributed by atoms with Crippen molar-refractivity contribution in [2.75, 3.05) is 6.54 Å². The van der Waals surface area contributed by atoms with Crippen molar-refractivity contribution in [2.45, 2.75) is 51.6 Å². The van der Waals surface area contributed by atoms with Crippen molar-refractivity contribution in [1.29, 1.82) is 0 Å². The van der Waals surface area contributed by atoms with E-state index in [9.17, 15) is 0 Å². The average Bonchev–Trinajstić information content (AvgIpc) is 2.69. The zero-order valence-electron chi connectivity index (χ0n) is 10.00. The highest BCUT2D eigenvalue weighted by molar-refractivity contribution is 5.05. The molecule has 0 amide bonds. The summed E-state index contributed by atoms with van der Waals surface area (Å²) >= 11 is 0. The van der Waals surface area contributed by atoms with Crippen LogP contribution in [0.1, 0.15) is 39.5 Å². The van der Waals surface area contributed by atoms with E-state index in [-0.39, 0.29) is 0 Å². The summed E-state index contributed by atoms with van der Waals surface area (Å²) in [6.45, 7) is 5.87. The quantitative estimate of drug-likeness (QED) is 0.697. The molecule has 3 unspecified atom stereocenters. The second kappa shape index (κ2) is 4.26. The van der Waals surface area contributed by atoms with Crippen LogP contribution in [-0.4, -0.2) is 18.6 Å². The Balaban J connectivity index is 1.69. The summed E-state index contributed by atoms with van der Waals surface area (Å²) in [7, 11) is 0. The second-order valence-corrected chi connectivity index (χ2v) is 6.06. The average molecular weight is 208 g/mol. The SMILES string of the molecule is CC1(C)CCC(NCC2C=CC(N)C2)C1. The molecular weight excluding hydrogens is 184 g/mol. The van der Waals surface area contributed by atoms with Gasteiger partial charge in [0.25, 0.3) is 0 Å². The van der Waals surface area contributed by atoms with Crippen LogP contribution in [0.25, 0.3) is 0 Å². The number of rotatable bonds is 3. The van der Waals surface area contributed by atoms with E-state index in [2.05, 4.69) is 31.3 Å². The van der Waals surface area contributed by atoms with Gasteiger partial charge in [-0.05, 0) is 37.0 Å². The molecule has 1 fully saturated rings. The number of nitrogens with one attached hydrogen (secondary N) is 1. The molecule has 0 aliphatic heterocycles. The van der Waals surface area contributed by atoms with Gasteiger partial charge in [0, 0.05) is 18.6 Å². The standard InChI is InChI=1S/C13H24N2/c1-13(2)6-5-12(8-13)15-9-10-3-4-11(14)7-10/h3-4,10-12,15H,5-9,14H2,1-2H3. The molecule has 0 aromatic carbocycles. The van der Waals surface area contributed by atoms with Crippen molar-refractivity contribution in [3.63, 3.8) is 0 Å². The van der Waals surface area contributed by atoms with Crippen molar-refractivity contribution < 1.29 is 0 Å². The molecule has 0 radical (unpaired) electrons. The highest BCUT2D eigenvalue weighted by Gasteiger charge is 2.30. The van der Waals surface area contributed by atoms with Crippen LogP contribution in [0.3, 0.4) is 0 Å². The minimum atomic E-state index is 0.303. The Morgan fingerprint density at radius 2 is 2.20 bits per heavy atom. The smallest absolute Gasteiger partial charge is 0.0229 e. The molecule has 0 spiro atoms. The molecular formula is C13H24N2. The lowest BCUT2D eigenvalue weighted by Crippen LogP contribution is -2.32. The molecule has 86 valence electrons. The van der Waals surface area contributed by atoms with E-state index in [0.29, 0.717) is 17.4 Å². The van der Waals surface area contributed by atoms with E-state index in [4.69, 9.17) is 5.73 Å². The van der Waals surface area contributed by atoms with E-state index in [1.54, 1.807) is 0 Å². The van der Waals surface area contributed by atoms with Gasteiger partial charge in [-0.25, -0.2) is 0 Å². The van der Waals surface area contributed by atoms with Gasteiger partial charge < -0.3 is 11.1 Å².